The van der Waals surface area contributed by atoms with Gasteiger partial charge in [-0.15, -0.1) is 0 Å². The van der Waals surface area contributed by atoms with Gasteiger partial charge in [-0.1, -0.05) is 0 Å². The van der Waals surface area contributed by atoms with E-state index < -0.39 is 0 Å². The predicted octanol–water partition coefficient (Wildman–Crippen LogP) is 5.20. The smallest absolute Gasteiger partial charge is 0.257 e. The first kappa shape index (κ1) is 20.7. The number of hydrogen-bond acceptors (Lipinski definition) is 6. The highest BCUT2D eigenvalue weighted by atomic mass is 16.5. The van der Waals surface area contributed by atoms with E-state index in [4.69, 9.17) is 18.6 Å². The van der Waals surface area contributed by atoms with Crippen molar-refractivity contribution in [2.24, 2.45) is 0 Å². The SMILES string of the molecule is CCOC(C)NC(=O)c1c(C)oc2cc(Oc3ccnc4cc(OC)ccc34)ccc12. The summed E-state index contributed by atoms with van der Waals surface area (Å²) in [7, 11) is 1.62. The molecular weight excluding hydrogens is 396 g/mol. The van der Waals surface area contributed by atoms with Gasteiger partial charge >= 0.3 is 0 Å². The lowest BCUT2D eigenvalue weighted by Gasteiger charge is -2.13. The van der Waals surface area contributed by atoms with Gasteiger partial charge < -0.3 is 23.9 Å². The number of carbonyl (C=O) groups is 1. The Balaban J connectivity index is 1.64. The summed E-state index contributed by atoms with van der Waals surface area (Å²) in [6, 6.07) is 12.9. The summed E-state index contributed by atoms with van der Waals surface area (Å²) in [6.45, 7) is 5.96. The molecule has 2 aromatic carbocycles. The first-order chi connectivity index (χ1) is 15.0. The molecule has 1 atom stereocenters. The number of amides is 1. The van der Waals surface area contributed by atoms with Gasteiger partial charge in [0.25, 0.3) is 5.91 Å². The molecule has 0 aliphatic heterocycles. The third-order valence-electron chi connectivity index (χ3n) is 4.95. The number of benzene rings is 2. The summed E-state index contributed by atoms with van der Waals surface area (Å²) in [5.41, 5.74) is 1.84. The van der Waals surface area contributed by atoms with Crippen molar-refractivity contribution in [1.29, 1.82) is 0 Å². The molecule has 0 aliphatic rings. The number of hydrogen-bond donors (Lipinski definition) is 1. The van der Waals surface area contributed by atoms with Gasteiger partial charge in [0.1, 0.15) is 34.8 Å². The quantitative estimate of drug-likeness (QED) is 0.414. The van der Waals surface area contributed by atoms with Crippen molar-refractivity contribution in [1.82, 2.24) is 10.3 Å². The average molecular weight is 420 g/mol. The third kappa shape index (κ3) is 4.18. The van der Waals surface area contributed by atoms with Crippen LogP contribution in [0.3, 0.4) is 0 Å². The number of nitrogens with zero attached hydrogens (tertiary/aromatic N) is 1. The highest BCUT2D eigenvalue weighted by molar-refractivity contribution is 6.07. The second-order valence-electron chi connectivity index (χ2n) is 7.06. The van der Waals surface area contributed by atoms with Gasteiger partial charge in [-0.05, 0) is 51.1 Å². The van der Waals surface area contributed by atoms with Crippen molar-refractivity contribution >= 4 is 27.8 Å². The fourth-order valence-corrected chi connectivity index (χ4v) is 3.54. The summed E-state index contributed by atoms with van der Waals surface area (Å²) in [5, 5.41) is 4.41. The largest absolute Gasteiger partial charge is 0.497 e. The summed E-state index contributed by atoms with van der Waals surface area (Å²) < 4.78 is 22.6. The molecule has 7 heteroatoms. The van der Waals surface area contributed by atoms with Gasteiger partial charge in [-0.25, -0.2) is 0 Å². The van der Waals surface area contributed by atoms with E-state index in [0.29, 0.717) is 35.0 Å². The Labute approximate surface area is 179 Å². The molecule has 2 heterocycles. The van der Waals surface area contributed by atoms with E-state index in [0.717, 1.165) is 22.0 Å². The Morgan fingerprint density at radius 2 is 1.90 bits per heavy atom. The molecule has 0 fully saturated rings. The minimum absolute atomic E-state index is 0.236. The zero-order chi connectivity index (χ0) is 22.0. The van der Waals surface area contributed by atoms with Crippen LogP contribution in [0, 0.1) is 6.92 Å². The molecule has 2 aromatic heterocycles. The second kappa shape index (κ2) is 8.65. The molecule has 1 amide bonds. The topological polar surface area (TPSA) is 82.8 Å². The van der Waals surface area contributed by atoms with Gasteiger partial charge in [0.2, 0.25) is 0 Å². The molecule has 1 N–H and O–H groups in total. The van der Waals surface area contributed by atoms with Crippen LogP contribution in [-0.4, -0.2) is 30.8 Å². The van der Waals surface area contributed by atoms with E-state index >= 15 is 0 Å². The summed E-state index contributed by atoms with van der Waals surface area (Å²) in [4.78, 5) is 17.1. The molecule has 4 aromatic rings. The van der Waals surface area contributed by atoms with Crippen molar-refractivity contribution in [3.05, 3.63) is 60.0 Å². The van der Waals surface area contributed by atoms with Crippen LogP contribution < -0.4 is 14.8 Å². The molecule has 0 spiro atoms. The molecule has 31 heavy (non-hydrogen) atoms. The first-order valence-electron chi connectivity index (χ1n) is 10.1. The molecule has 0 radical (unpaired) electrons. The van der Waals surface area contributed by atoms with E-state index in [1.54, 1.807) is 39.3 Å². The molecule has 0 saturated heterocycles. The maximum Gasteiger partial charge on any atom is 0.257 e. The standard InChI is InChI=1S/C24H24N2O5/c1-5-29-15(3)26-24(27)23-14(2)30-22-13-17(7-9-19(22)23)31-21-10-11-25-20-12-16(28-4)6-8-18(20)21/h6-13,15H,5H2,1-4H3,(H,26,27). The Morgan fingerprint density at radius 3 is 2.68 bits per heavy atom. The fraction of sp³-hybridized carbons (Fsp3) is 0.250. The number of pyridine rings is 1. The predicted molar refractivity (Wildman–Crippen MR) is 118 cm³/mol. The minimum atomic E-state index is -0.386. The number of nitrogens with one attached hydrogen (secondary N) is 1. The van der Waals surface area contributed by atoms with Gasteiger partial charge in [0, 0.05) is 35.7 Å². The molecule has 7 nitrogen and oxygen atoms in total. The zero-order valence-corrected chi connectivity index (χ0v) is 17.9. The number of aryl methyl sites for hydroxylation is 1. The summed E-state index contributed by atoms with van der Waals surface area (Å²) >= 11 is 0. The van der Waals surface area contributed by atoms with Crippen molar-refractivity contribution in [2.45, 2.75) is 27.0 Å². The van der Waals surface area contributed by atoms with E-state index in [1.165, 1.54) is 0 Å². The number of fused-ring (bicyclic) bond motifs is 2. The zero-order valence-electron chi connectivity index (χ0n) is 17.9. The number of furan rings is 1. The van der Waals surface area contributed by atoms with Crippen molar-refractivity contribution in [2.75, 3.05) is 13.7 Å². The van der Waals surface area contributed by atoms with E-state index in [9.17, 15) is 4.79 Å². The Morgan fingerprint density at radius 1 is 1.13 bits per heavy atom. The number of aromatic nitrogens is 1. The van der Waals surface area contributed by atoms with E-state index in [-0.39, 0.29) is 12.1 Å². The van der Waals surface area contributed by atoms with Crippen LogP contribution in [-0.2, 0) is 4.74 Å². The second-order valence-corrected chi connectivity index (χ2v) is 7.06. The summed E-state index contributed by atoms with van der Waals surface area (Å²) in [5.74, 6) is 2.29. The lowest BCUT2D eigenvalue weighted by Crippen LogP contribution is -2.34. The molecule has 4 rings (SSSR count). The van der Waals surface area contributed by atoms with Crippen LogP contribution >= 0.6 is 0 Å². The van der Waals surface area contributed by atoms with Gasteiger partial charge in [0.15, 0.2) is 0 Å². The summed E-state index contributed by atoms with van der Waals surface area (Å²) in [6.07, 6.45) is 1.30. The van der Waals surface area contributed by atoms with E-state index in [1.807, 2.05) is 37.3 Å². The Hall–Kier alpha value is -3.58. The van der Waals surface area contributed by atoms with Gasteiger partial charge in [-0.2, -0.15) is 0 Å². The van der Waals surface area contributed by atoms with Crippen LogP contribution in [0.25, 0.3) is 21.9 Å². The molecule has 0 aliphatic carbocycles. The van der Waals surface area contributed by atoms with Gasteiger partial charge in [-0.3, -0.25) is 9.78 Å². The van der Waals surface area contributed by atoms with Crippen molar-refractivity contribution < 1.29 is 23.4 Å². The highest BCUT2D eigenvalue weighted by Crippen LogP contribution is 2.34. The maximum absolute atomic E-state index is 12.7. The average Bonchev–Trinajstić information content (AvgIpc) is 3.08. The molecule has 0 saturated carbocycles. The number of rotatable bonds is 7. The van der Waals surface area contributed by atoms with Crippen molar-refractivity contribution in [3.63, 3.8) is 0 Å². The van der Waals surface area contributed by atoms with Crippen LogP contribution in [0.2, 0.25) is 0 Å². The molecule has 160 valence electrons. The lowest BCUT2D eigenvalue weighted by atomic mass is 10.1. The molecular formula is C24H24N2O5. The Bertz CT molecular complexity index is 1250. The van der Waals surface area contributed by atoms with Crippen LogP contribution in [0.5, 0.6) is 17.2 Å². The Kier molecular flexibility index (Phi) is 5.77. The van der Waals surface area contributed by atoms with Gasteiger partial charge in [0.05, 0.1) is 18.2 Å². The maximum atomic E-state index is 12.7. The first-order valence-corrected chi connectivity index (χ1v) is 10.1. The minimum Gasteiger partial charge on any atom is -0.497 e. The lowest BCUT2D eigenvalue weighted by molar-refractivity contribution is 0.0450. The normalized spacial score (nSPS) is 12.1. The number of carbonyl (C=O) groups excluding carboxylic acids is 1. The number of methoxy groups -OCH3 is 1. The van der Waals surface area contributed by atoms with Crippen LogP contribution in [0.4, 0.5) is 0 Å². The van der Waals surface area contributed by atoms with Crippen LogP contribution in [0.15, 0.2) is 53.1 Å². The molecule has 1 unspecified atom stereocenters. The van der Waals surface area contributed by atoms with Crippen LogP contribution in [0.1, 0.15) is 30.0 Å². The van der Waals surface area contributed by atoms with E-state index in [2.05, 4.69) is 10.3 Å². The number of ether oxygens (including phenoxy) is 3. The monoisotopic (exact) mass is 420 g/mol. The van der Waals surface area contributed by atoms with Crippen molar-refractivity contribution in [3.8, 4) is 17.2 Å². The fourth-order valence-electron chi connectivity index (χ4n) is 3.54. The highest BCUT2D eigenvalue weighted by Gasteiger charge is 2.20. The third-order valence-corrected chi connectivity index (χ3v) is 4.95. The molecule has 0 bridgehead atoms.